The van der Waals surface area contributed by atoms with Crippen LogP contribution in [0.15, 0.2) is 30.5 Å². The molecule has 2 aromatic rings. The summed E-state index contributed by atoms with van der Waals surface area (Å²) in [7, 11) is -5.77. The maximum Gasteiger partial charge on any atom is 0.534 e. The second-order valence-electron chi connectivity index (χ2n) is 6.19. The van der Waals surface area contributed by atoms with E-state index in [1.807, 2.05) is 0 Å². The highest BCUT2D eigenvalue weighted by molar-refractivity contribution is 7.88. The number of aromatic nitrogens is 1. The van der Waals surface area contributed by atoms with Crippen molar-refractivity contribution in [1.82, 2.24) is 4.98 Å². The Bertz CT molecular complexity index is 936. The molecule has 1 aromatic carbocycles. The zero-order valence-electron chi connectivity index (χ0n) is 13.9. The van der Waals surface area contributed by atoms with Crippen LogP contribution in [-0.2, 0) is 14.9 Å². The number of hydrogen-bond donors (Lipinski definition) is 1. The number of anilines is 1. The Kier molecular flexibility index (Phi) is 5.04. The van der Waals surface area contributed by atoms with Crippen molar-refractivity contribution in [2.45, 2.75) is 31.9 Å². The van der Waals surface area contributed by atoms with Gasteiger partial charge in [0.1, 0.15) is 17.2 Å². The van der Waals surface area contributed by atoms with Crippen LogP contribution < -0.4 is 9.50 Å². The average molecular weight is 392 g/mol. The lowest BCUT2D eigenvalue weighted by atomic mass is 10.1. The first-order valence-electron chi connectivity index (χ1n) is 7.17. The number of rotatable bonds is 3. The minimum Gasteiger partial charge on any atom is -0.444 e. The number of nitrogens with zero attached hydrogens (tertiary/aromatic N) is 1. The van der Waals surface area contributed by atoms with Gasteiger partial charge in [-0.05, 0) is 50.4 Å². The van der Waals surface area contributed by atoms with Crippen LogP contribution in [0.5, 0.6) is 5.75 Å². The van der Waals surface area contributed by atoms with E-state index in [1.54, 1.807) is 20.8 Å². The summed E-state index contributed by atoms with van der Waals surface area (Å²) >= 11 is 0. The fourth-order valence-electron chi connectivity index (χ4n) is 1.82. The molecule has 142 valence electrons. The average Bonchev–Trinajstić information content (AvgIpc) is 2.43. The van der Waals surface area contributed by atoms with Crippen molar-refractivity contribution in [1.29, 1.82) is 0 Å². The van der Waals surface area contributed by atoms with Gasteiger partial charge in [-0.2, -0.15) is 21.6 Å². The Morgan fingerprint density at radius 2 is 1.77 bits per heavy atom. The Labute approximate surface area is 147 Å². The Morgan fingerprint density at radius 1 is 1.12 bits per heavy atom. The van der Waals surface area contributed by atoms with E-state index >= 15 is 0 Å². The van der Waals surface area contributed by atoms with Gasteiger partial charge >= 0.3 is 21.7 Å². The van der Waals surface area contributed by atoms with Gasteiger partial charge in [0.05, 0.1) is 0 Å². The standard InChI is InChI=1S/C15H15F3N2O5S/c1-14(2,3)24-13(21)20-12-7-10-6-11(5-4-9(10)8-19-12)25-26(22,23)15(16,17)18/h4-8H,1-3H3,(H,19,20,21). The Hall–Kier alpha value is -2.56. The normalized spacial score (nSPS) is 12.7. The molecule has 0 unspecified atom stereocenters. The van der Waals surface area contributed by atoms with E-state index in [-0.39, 0.29) is 5.82 Å². The molecule has 2 rings (SSSR count). The molecule has 0 spiro atoms. The molecule has 1 amide bonds. The summed E-state index contributed by atoms with van der Waals surface area (Å²) in [4.78, 5) is 15.7. The van der Waals surface area contributed by atoms with E-state index in [0.717, 1.165) is 12.1 Å². The first-order valence-corrected chi connectivity index (χ1v) is 8.58. The van der Waals surface area contributed by atoms with Crippen LogP contribution in [0.4, 0.5) is 23.8 Å². The summed E-state index contributed by atoms with van der Waals surface area (Å²) in [5, 5.41) is 3.17. The lowest BCUT2D eigenvalue weighted by Crippen LogP contribution is -2.28. The molecule has 11 heteroatoms. The van der Waals surface area contributed by atoms with Crippen LogP contribution in [0.3, 0.4) is 0 Å². The molecular formula is C15H15F3N2O5S. The third kappa shape index (κ3) is 4.97. The first-order chi connectivity index (χ1) is 11.8. The number of ether oxygens (including phenoxy) is 1. The molecule has 0 saturated heterocycles. The van der Waals surface area contributed by atoms with E-state index < -0.39 is 33.1 Å². The zero-order chi connectivity index (χ0) is 19.8. The maximum absolute atomic E-state index is 12.4. The van der Waals surface area contributed by atoms with Gasteiger partial charge in [0, 0.05) is 11.6 Å². The zero-order valence-corrected chi connectivity index (χ0v) is 14.7. The maximum atomic E-state index is 12.4. The van der Waals surface area contributed by atoms with Gasteiger partial charge in [0.25, 0.3) is 0 Å². The summed E-state index contributed by atoms with van der Waals surface area (Å²) in [6, 6.07) is 4.82. The lowest BCUT2D eigenvalue weighted by molar-refractivity contribution is -0.0500. The second-order valence-corrected chi connectivity index (χ2v) is 7.73. The van der Waals surface area contributed by atoms with E-state index in [2.05, 4.69) is 14.5 Å². The van der Waals surface area contributed by atoms with Crippen LogP contribution >= 0.6 is 0 Å². The smallest absolute Gasteiger partial charge is 0.444 e. The van der Waals surface area contributed by atoms with Crippen LogP contribution in [0.2, 0.25) is 0 Å². The van der Waals surface area contributed by atoms with Gasteiger partial charge in [0.15, 0.2) is 0 Å². The molecule has 7 nitrogen and oxygen atoms in total. The molecule has 0 saturated carbocycles. The quantitative estimate of drug-likeness (QED) is 0.631. The number of benzene rings is 1. The van der Waals surface area contributed by atoms with Gasteiger partial charge in [-0.15, -0.1) is 0 Å². The van der Waals surface area contributed by atoms with E-state index in [1.165, 1.54) is 18.3 Å². The molecule has 1 aromatic heterocycles. The van der Waals surface area contributed by atoms with Crippen molar-refractivity contribution in [3.05, 3.63) is 30.5 Å². The topological polar surface area (TPSA) is 94.6 Å². The number of carbonyl (C=O) groups is 1. The number of alkyl halides is 3. The van der Waals surface area contributed by atoms with E-state index in [9.17, 15) is 26.4 Å². The predicted octanol–water partition coefficient (Wildman–Crippen LogP) is 3.81. The van der Waals surface area contributed by atoms with Crippen molar-refractivity contribution in [2.24, 2.45) is 0 Å². The number of carbonyl (C=O) groups excluding carboxylic acids is 1. The SMILES string of the molecule is CC(C)(C)OC(=O)Nc1cc2cc(OS(=O)(=O)C(F)(F)F)ccc2cn1. The highest BCUT2D eigenvalue weighted by atomic mass is 32.2. The molecular weight excluding hydrogens is 377 g/mol. The summed E-state index contributed by atoms with van der Waals surface area (Å²) in [5.41, 5.74) is -6.27. The molecule has 1 N–H and O–H groups in total. The van der Waals surface area contributed by atoms with Gasteiger partial charge in [-0.25, -0.2) is 9.78 Å². The van der Waals surface area contributed by atoms with Crippen LogP contribution in [0, 0.1) is 0 Å². The number of pyridine rings is 1. The second kappa shape index (κ2) is 6.63. The summed E-state index contributed by atoms with van der Waals surface area (Å²) in [6.07, 6.45) is 0.584. The van der Waals surface area contributed by atoms with Crippen molar-refractivity contribution in [2.75, 3.05) is 5.32 Å². The molecule has 0 aliphatic rings. The fourth-order valence-corrected chi connectivity index (χ4v) is 2.27. The number of amides is 1. The molecule has 1 heterocycles. The highest BCUT2D eigenvalue weighted by Gasteiger charge is 2.48. The molecule has 0 atom stereocenters. The highest BCUT2D eigenvalue weighted by Crippen LogP contribution is 2.29. The van der Waals surface area contributed by atoms with Crippen LogP contribution in [0.25, 0.3) is 10.8 Å². The number of nitrogens with one attached hydrogen (secondary N) is 1. The molecule has 0 aliphatic heterocycles. The monoisotopic (exact) mass is 392 g/mol. The molecule has 0 bridgehead atoms. The van der Waals surface area contributed by atoms with Crippen LogP contribution in [0.1, 0.15) is 20.8 Å². The Balaban J connectivity index is 2.27. The predicted molar refractivity (Wildman–Crippen MR) is 87.2 cm³/mol. The van der Waals surface area contributed by atoms with E-state index in [0.29, 0.717) is 10.8 Å². The summed E-state index contributed by atoms with van der Waals surface area (Å²) < 4.78 is 68.5. The lowest BCUT2D eigenvalue weighted by Gasteiger charge is -2.19. The van der Waals surface area contributed by atoms with E-state index in [4.69, 9.17) is 4.74 Å². The van der Waals surface area contributed by atoms with Crippen molar-refractivity contribution >= 4 is 32.8 Å². The minimum atomic E-state index is -5.77. The van der Waals surface area contributed by atoms with Crippen molar-refractivity contribution in [3.8, 4) is 5.75 Å². The van der Waals surface area contributed by atoms with Gasteiger partial charge in [-0.1, -0.05) is 0 Å². The van der Waals surface area contributed by atoms with Crippen molar-refractivity contribution in [3.63, 3.8) is 0 Å². The number of fused-ring (bicyclic) bond motifs is 1. The minimum absolute atomic E-state index is 0.0718. The molecule has 26 heavy (non-hydrogen) atoms. The Morgan fingerprint density at radius 3 is 2.35 bits per heavy atom. The largest absolute Gasteiger partial charge is 0.534 e. The van der Waals surface area contributed by atoms with Gasteiger partial charge < -0.3 is 8.92 Å². The third-order valence-corrected chi connectivity index (χ3v) is 3.79. The number of halogens is 3. The number of hydrogen-bond acceptors (Lipinski definition) is 6. The molecule has 0 aliphatic carbocycles. The van der Waals surface area contributed by atoms with Gasteiger partial charge in [-0.3, -0.25) is 5.32 Å². The fraction of sp³-hybridized carbons (Fsp3) is 0.333. The van der Waals surface area contributed by atoms with Crippen molar-refractivity contribution < 1.29 is 35.3 Å². The third-order valence-electron chi connectivity index (χ3n) is 2.81. The first kappa shape index (κ1) is 19.8. The molecule has 0 radical (unpaired) electrons. The summed E-state index contributed by atoms with van der Waals surface area (Å²) in [6.45, 7) is 5.02. The van der Waals surface area contributed by atoms with Crippen LogP contribution in [-0.4, -0.2) is 30.6 Å². The molecule has 0 fully saturated rings. The van der Waals surface area contributed by atoms with Gasteiger partial charge in [0.2, 0.25) is 0 Å². The summed E-state index contributed by atoms with van der Waals surface area (Å²) in [5.74, 6) is -0.452.